The Morgan fingerprint density at radius 1 is 1.18 bits per heavy atom. The lowest BCUT2D eigenvalue weighted by Gasteiger charge is -1.98. The van der Waals surface area contributed by atoms with Crippen molar-refractivity contribution in [2.75, 3.05) is 0 Å². The molecule has 0 bridgehead atoms. The molecule has 84 valence electrons. The number of ether oxygens (including phenoxy) is 1. The van der Waals surface area contributed by atoms with Crippen LogP contribution in [0.15, 0.2) is 42.6 Å². The lowest BCUT2D eigenvalue weighted by Crippen LogP contribution is -1.82. The molecule has 0 unspecified atom stereocenters. The number of aryl methyl sites for hydroxylation is 1. The fourth-order valence-corrected chi connectivity index (χ4v) is 2.42. The van der Waals surface area contributed by atoms with Crippen LogP contribution in [0.1, 0.15) is 5.56 Å². The van der Waals surface area contributed by atoms with Gasteiger partial charge in [0.25, 0.3) is 5.19 Å². The highest BCUT2D eigenvalue weighted by atomic mass is 32.1. The topological polar surface area (TPSA) is 35.0 Å². The van der Waals surface area contributed by atoms with Gasteiger partial charge < -0.3 is 4.74 Å². The summed E-state index contributed by atoms with van der Waals surface area (Å²) in [5, 5.41) is 0.629. The smallest absolute Gasteiger partial charge is 0.281 e. The van der Waals surface area contributed by atoms with Crippen LogP contribution in [0.4, 0.5) is 0 Å². The summed E-state index contributed by atoms with van der Waals surface area (Å²) in [4.78, 5) is 8.60. The number of nitrogens with zero attached hydrogens (tertiary/aromatic N) is 2. The third kappa shape index (κ3) is 2.12. The molecule has 17 heavy (non-hydrogen) atoms. The molecule has 2 aromatic heterocycles. The fourth-order valence-electron chi connectivity index (χ4n) is 1.53. The average Bonchev–Trinajstić information content (AvgIpc) is 2.71. The Hall–Kier alpha value is -1.94. The lowest BCUT2D eigenvalue weighted by molar-refractivity contribution is 0.480. The van der Waals surface area contributed by atoms with Crippen LogP contribution in [0.5, 0.6) is 10.9 Å². The van der Waals surface area contributed by atoms with Crippen molar-refractivity contribution in [3.63, 3.8) is 0 Å². The minimum absolute atomic E-state index is 0.629. The van der Waals surface area contributed by atoms with E-state index in [1.807, 2.05) is 43.5 Å². The standard InChI is InChI=1S/C13H10N2OS/c1-9-7-11-12(14-8-9)15-13(17-11)16-10-5-3-2-4-6-10/h2-8H,1H3. The summed E-state index contributed by atoms with van der Waals surface area (Å²) in [5.41, 5.74) is 1.87. The molecule has 0 aliphatic carbocycles. The molecule has 3 rings (SSSR count). The molecule has 0 saturated carbocycles. The molecule has 0 amide bonds. The van der Waals surface area contributed by atoms with E-state index in [-0.39, 0.29) is 0 Å². The van der Waals surface area contributed by atoms with Gasteiger partial charge in [0.15, 0.2) is 5.65 Å². The summed E-state index contributed by atoms with van der Waals surface area (Å²) in [6.45, 7) is 2.02. The second-order valence-electron chi connectivity index (χ2n) is 3.73. The number of thiazole rings is 1. The molecule has 3 aromatic rings. The number of hydrogen-bond acceptors (Lipinski definition) is 4. The van der Waals surface area contributed by atoms with E-state index in [1.165, 1.54) is 11.3 Å². The van der Waals surface area contributed by atoms with Gasteiger partial charge in [0.05, 0.1) is 4.70 Å². The molecule has 0 aliphatic rings. The van der Waals surface area contributed by atoms with Crippen molar-refractivity contribution >= 4 is 21.7 Å². The first kappa shape index (κ1) is 10.2. The van der Waals surface area contributed by atoms with E-state index < -0.39 is 0 Å². The molecule has 1 aromatic carbocycles. The number of hydrogen-bond donors (Lipinski definition) is 0. The van der Waals surface area contributed by atoms with Crippen LogP contribution in [0.3, 0.4) is 0 Å². The van der Waals surface area contributed by atoms with E-state index >= 15 is 0 Å². The van der Waals surface area contributed by atoms with Crippen LogP contribution in [0.25, 0.3) is 10.3 Å². The number of fused-ring (bicyclic) bond motifs is 1. The Labute approximate surface area is 103 Å². The first-order valence-electron chi connectivity index (χ1n) is 5.27. The Morgan fingerprint density at radius 2 is 2.00 bits per heavy atom. The molecule has 0 N–H and O–H groups in total. The van der Waals surface area contributed by atoms with Crippen molar-refractivity contribution in [2.24, 2.45) is 0 Å². The Kier molecular flexibility index (Phi) is 2.49. The number of para-hydroxylation sites is 1. The Bertz CT molecular complexity index is 649. The van der Waals surface area contributed by atoms with Crippen LogP contribution in [0, 0.1) is 6.92 Å². The molecule has 0 fully saturated rings. The van der Waals surface area contributed by atoms with Crippen LogP contribution in [-0.4, -0.2) is 9.97 Å². The molecule has 0 saturated heterocycles. The van der Waals surface area contributed by atoms with Crippen LogP contribution >= 0.6 is 11.3 Å². The zero-order valence-electron chi connectivity index (χ0n) is 9.25. The van der Waals surface area contributed by atoms with Crippen molar-refractivity contribution in [3.05, 3.63) is 48.2 Å². The van der Waals surface area contributed by atoms with Crippen LogP contribution < -0.4 is 4.74 Å². The van der Waals surface area contributed by atoms with Crippen molar-refractivity contribution in [1.29, 1.82) is 0 Å². The third-order valence-electron chi connectivity index (χ3n) is 2.31. The van der Waals surface area contributed by atoms with Gasteiger partial charge in [-0.25, -0.2) is 4.98 Å². The Morgan fingerprint density at radius 3 is 2.82 bits per heavy atom. The summed E-state index contributed by atoms with van der Waals surface area (Å²) in [6, 6.07) is 11.7. The molecule has 0 atom stereocenters. The van der Waals surface area contributed by atoms with E-state index in [9.17, 15) is 0 Å². The third-order valence-corrected chi connectivity index (χ3v) is 3.18. The SMILES string of the molecule is Cc1cnc2nc(Oc3ccccc3)sc2c1. The second-order valence-corrected chi connectivity index (χ2v) is 4.72. The van der Waals surface area contributed by atoms with E-state index in [0.717, 1.165) is 21.7 Å². The summed E-state index contributed by atoms with van der Waals surface area (Å²) in [6.07, 6.45) is 1.81. The van der Waals surface area contributed by atoms with Crippen molar-refractivity contribution in [1.82, 2.24) is 9.97 Å². The maximum absolute atomic E-state index is 5.67. The molecule has 2 heterocycles. The number of rotatable bonds is 2. The van der Waals surface area contributed by atoms with Gasteiger partial charge in [-0.1, -0.05) is 29.5 Å². The van der Waals surface area contributed by atoms with Gasteiger partial charge in [-0.05, 0) is 30.7 Å². The minimum Gasteiger partial charge on any atom is -0.431 e. The number of aromatic nitrogens is 2. The maximum Gasteiger partial charge on any atom is 0.281 e. The first-order chi connectivity index (χ1) is 8.31. The largest absolute Gasteiger partial charge is 0.431 e. The first-order valence-corrected chi connectivity index (χ1v) is 6.09. The maximum atomic E-state index is 5.67. The summed E-state index contributed by atoms with van der Waals surface area (Å²) in [7, 11) is 0. The van der Waals surface area contributed by atoms with Gasteiger partial charge in [-0.3, -0.25) is 0 Å². The average molecular weight is 242 g/mol. The highest BCUT2D eigenvalue weighted by Crippen LogP contribution is 2.30. The molecular weight excluding hydrogens is 232 g/mol. The highest BCUT2D eigenvalue weighted by Gasteiger charge is 2.06. The van der Waals surface area contributed by atoms with E-state index in [0.29, 0.717) is 5.19 Å². The predicted molar refractivity (Wildman–Crippen MR) is 68.7 cm³/mol. The summed E-state index contributed by atoms with van der Waals surface area (Å²) < 4.78 is 6.72. The van der Waals surface area contributed by atoms with Crippen molar-refractivity contribution in [3.8, 4) is 10.9 Å². The molecule has 0 aliphatic heterocycles. The minimum atomic E-state index is 0.629. The van der Waals surface area contributed by atoms with Gasteiger partial charge >= 0.3 is 0 Å². The van der Waals surface area contributed by atoms with Gasteiger partial charge in [-0.15, -0.1) is 0 Å². The zero-order chi connectivity index (χ0) is 11.7. The molecule has 0 spiro atoms. The van der Waals surface area contributed by atoms with Crippen LogP contribution in [0.2, 0.25) is 0 Å². The zero-order valence-corrected chi connectivity index (χ0v) is 10.1. The van der Waals surface area contributed by atoms with Gasteiger partial charge in [0, 0.05) is 6.20 Å². The quantitative estimate of drug-likeness (QED) is 0.685. The summed E-state index contributed by atoms with van der Waals surface area (Å²) in [5.74, 6) is 0.795. The summed E-state index contributed by atoms with van der Waals surface area (Å²) >= 11 is 1.51. The molecular formula is C13H10N2OS. The van der Waals surface area contributed by atoms with Gasteiger partial charge in [0.1, 0.15) is 5.75 Å². The second kappa shape index (κ2) is 4.14. The molecule has 4 heteroatoms. The van der Waals surface area contributed by atoms with E-state index in [2.05, 4.69) is 16.0 Å². The fraction of sp³-hybridized carbons (Fsp3) is 0.0769. The Balaban J connectivity index is 1.96. The normalized spacial score (nSPS) is 10.6. The molecule has 3 nitrogen and oxygen atoms in total. The van der Waals surface area contributed by atoms with Crippen molar-refractivity contribution < 1.29 is 4.74 Å². The molecule has 0 radical (unpaired) electrons. The van der Waals surface area contributed by atoms with Crippen LogP contribution in [-0.2, 0) is 0 Å². The lowest BCUT2D eigenvalue weighted by atomic mass is 10.3. The highest BCUT2D eigenvalue weighted by molar-refractivity contribution is 7.20. The number of pyridine rings is 1. The van der Waals surface area contributed by atoms with Crippen molar-refractivity contribution in [2.45, 2.75) is 6.92 Å². The number of benzene rings is 1. The van der Waals surface area contributed by atoms with Gasteiger partial charge in [-0.2, -0.15) is 4.98 Å². The van der Waals surface area contributed by atoms with Gasteiger partial charge in [0.2, 0.25) is 0 Å². The monoisotopic (exact) mass is 242 g/mol. The predicted octanol–water partition coefficient (Wildman–Crippen LogP) is 3.79. The van der Waals surface area contributed by atoms with E-state index in [4.69, 9.17) is 4.74 Å². The van der Waals surface area contributed by atoms with E-state index in [1.54, 1.807) is 0 Å².